The third-order valence-corrected chi connectivity index (χ3v) is 4.00. The van der Waals surface area contributed by atoms with Crippen molar-refractivity contribution in [3.05, 3.63) is 70.4 Å². The molecule has 2 aromatic carbocycles. The lowest BCUT2D eigenvalue weighted by molar-refractivity contribution is 0.0697. The van der Waals surface area contributed by atoms with E-state index in [-0.39, 0.29) is 16.6 Å². The summed E-state index contributed by atoms with van der Waals surface area (Å²) in [5.74, 6) is -0.981. The number of benzene rings is 2. The van der Waals surface area contributed by atoms with Crippen LogP contribution in [0.1, 0.15) is 15.9 Å². The predicted octanol–water partition coefficient (Wildman–Crippen LogP) is 4.05. The lowest BCUT2D eigenvalue weighted by Gasteiger charge is -2.01. The molecule has 1 heterocycles. The molecule has 0 bridgehead atoms. The molecule has 2 N–H and O–H groups in total. The highest BCUT2D eigenvalue weighted by Gasteiger charge is 2.23. The van der Waals surface area contributed by atoms with E-state index in [0.717, 1.165) is 17.3 Å². The quantitative estimate of drug-likeness (QED) is 0.882. The van der Waals surface area contributed by atoms with E-state index in [1.807, 2.05) is 0 Å². The third kappa shape index (κ3) is 3.69. The number of hydrogen-bond acceptors (Lipinski definition) is 4. The monoisotopic (exact) mass is 342 g/mol. The van der Waals surface area contributed by atoms with Gasteiger partial charge in [-0.2, -0.15) is 0 Å². The van der Waals surface area contributed by atoms with E-state index in [9.17, 15) is 14.0 Å². The van der Waals surface area contributed by atoms with Crippen LogP contribution in [0.3, 0.4) is 0 Å². The van der Waals surface area contributed by atoms with Crippen LogP contribution >= 0.6 is 11.8 Å². The molecule has 0 aromatic heterocycles. The number of nitrogens with zero attached hydrogens (tertiary/aromatic N) is 1. The second-order valence-electron chi connectivity index (χ2n) is 4.89. The molecule has 1 fully saturated rings. The van der Waals surface area contributed by atoms with Gasteiger partial charge in [-0.05, 0) is 59.8 Å². The van der Waals surface area contributed by atoms with Crippen molar-refractivity contribution < 1.29 is 19.1 Å². The second-order valence-corrected chi connectivity index (χ2v) is 5.90. The number of hydrogen-bond donors (Lipinski definition) is 2. The molecule has 24 heavy (non-hydrogen) atoms. The first-order valence-electron chi connectivity index (χ1n) is 6.90. The van der Waals surface area contributed by atoms with Gasteiger partial charge in [0.25, 0.3) is 5.24 Å². The van der Waals surface area contributed by atoms with E-state index < -0.39 is 5.97 Å². The van der Waals surface area contributed by atoms with Crippen LogP contribution in [0.25, 0.3) is 6.08 Å². The van der Waals surface area contributed by atoms with Crippen LogP contribution in [0.2, 0.25) is 0 Å². The zero-order valence-electron chi connectivity index (χ0n) is 12.2. The molecule has 0 aliphatic carbocycles. The van der Waals surface area contributed by atoms with Gasteiger partial charge in [0, 0.05) is 0 Å². The molecule has 3 rings (SSSR count). The van der Waals surface area contributed by atoms with E-state index >= 15 is 0 Å². The molecule has 120 valence electrons. The highest BCUT2D eigenvalue weighted by Crippen LogP contribution is 2.28. The largest absolute Gasteiger partial charge is 0.478 e. The van der Waals surface area contributed by atoms with Crippen LogP contribution in [0, 0.1) is 5.82 Å². The lowest BCUT2D eigenvalue weighted by Crippen LogP contribution is -2.18. The summed E-state index contributed by atoms with van der Waals surface area (Å²) in [6, 6.07) is 11.9. The average Bonchev–Trinajstić information content (AvgIpc) is 2.89. The number of aliphatic imine (C=N–C) groups is 1. The van der Waals surface area contributed by atoms with Crippen molar-refractivity contribution in [1.82, 2.24) is 5.32 Å². The Kier molecular flexibility index (Phi) is 4.43. The molecular weight excluding hydrogens is 331 g/mol. The van der Waals surface area contributed by atoms with E-state index in [1.165, 1.54) is 24.3 Å². The van der Waals surface area contributed by atoms with Crippen molar-refractivity contribution in [3.8, 4) is 0 Å². The summed E-state index contributed by atoms with van der Waals surface area (Å²) in [6.07, 6.45) is 1.73. The Hall–Kier alpha value is -2.93. The predicted molar refractivity (Wildman–Crippen MR) is 91.0 cm³/mol. The molecule has 0 spiro atoms. The van der Waals surface area contributed by atoms with Gasteiger partial charge < -0.3 is 10.4 Å². The van der Waals surface area contributed by atoms with Crippen molar-refractivity contribution in [2.24, 2.45) is 4.99 Å². The number of nitrogens with one attached hydrogen (secondary N) is 1. The van der Waals surface area contributed by atoms with Crippen LogP contribution in [0.15, 0.2) is 58.4 Å². The van der Waals surface area contributed by atoms with Crippen molar-refractivity contribution in [1.29, 1.82) is 0 Å². The average molecular weight is 342 g/mol. The molecular formula is C17H11FN2O3S. The van der Waals surface area contributed by atoms with Crippen LogP contribution in [-0.2, 0) is 0 Å². The molecule has 1 saturated heterocycles. The number of carbonyl (C=O) groups excluding carboxylic acids is 1. The number of thioether (sulfide) groups is 1. The summed E-state index contributed by atoms with van der Waals surface area (Å²) >= 11 is 0.992. The van der Waals surface area contributed by atoms with E-state index in [4.69, 9.17) is 5.11 Å². The van der Waals surface area contributed by atoms with Crippen LogP contribution in [0.5, 0.6) is 0 Å². The third-order valence-electron chi connectivity index (χ3n) is 3.18. The number of carboxylic acids is 1. The number of amidine groups is 1. The highest BCUT2D eigenvalue weighted by molar-refractivity contribution is 8.18. The van der Waals surface area contributed by atoms with E-state index in [0.29, 0.717) is 16.4 Å². The Morgan fingerprint density at radius 3 is 2.42 bits per heavy atom. The molecule has 0 atom stereocenters. The molecule has 1 aliphatic heterocycles. The van der Waals surface area contributed by atoms with Gasteiger partial charge in [-0.1, -0.05) is 12.1 Å². The summed E-state index contributed by atoms with van der Waals surface area (Å²) in [4.78, 5) is 27.4. The van der Waals surface area contributed by atoms with Gasteiger partial charge in [-0.15, -0.1) is 0 Å². The fraction of sp³-hybridized carbons (Fsp3) is 0. The Labute approximate surface area is 140 Å². The number of halogens is 1. The first-order chi connectivity index (χ1) is 11.5. The smallest absolute Gasteiger partial charge is 0.335 e. The Morgan fingerprint density at radius 1 is 1.12 bits per heavy atom. The molecule has 0 unspecified atom stereocenters. The topological polar surface area (TPSA) is 78.8 Å². The maximum atomic E-state index is 13.0. The van der Waals surface area contributed by atoms with Gasteiger partial charge in [0.15, 0.2) is 0 Å². The molecule has 1 amide bonds. The van der Waals surface area contributed by atoms with Crippen molar-refractivity contribution in [2.75, 3.05) is 0 Å². The van der Waals surface area contributed by atoms with Gasteiger partial charge >= 0.3 is 5.97 Å². The number of amides is 1. The van der Waals surface area contributed by atoms with Crippen molar-refractivity contribution >= 4 is 40.6 Å². The number of aromatic carboxylic acids is 1. The molecule has 5 nitrogen and oxygen atoms in total. The highest BCUT2D eigenvalue weighted by atomic mass is 32.2. The van der Waals surface area contributed by atoms with E-state index in [1.54, 1.807) is 30.3 Å². The second kappa shape index (κ2) is 6.67. The fourth-order valence-electron chi connectivity index (χ4n) is 2.03. The summed E-state index contributed by atoms with van der Waals surface area (Å²) in [7, 11) is 0. The lowest BCUT2D eigenvalue weighted by atomic mass is 10.2. The first-order valence-corrected chi connectivity index (χ1v) is 7.71. The van der Waals surface area contributed by atoms with Gasteiger partial charge in [0.2, 0.25) is 0 Å². The van der Waals surface area contributed by atoms with Crippen molar-refractivity contribution in [2.45, 2.75) is 0 Å². The minimum atomic E-state index is -1.02. The van der Waals surface area contributed by atoms with Gasteiger partial charge in [0.1, 0.15) is 11.7 Å². The Morgan fingerprint density at radius 2 is 1.79 bits per heavy atom. The van der Waals surface area contributed by atoms with E-state index in [2.05, 4.69) is 10.3 Å². The molecule has 0 saturated carbocycles. The summed E-state index contributed by atoms with van der Waals surface area (Å²) < 4.78 is 13.0. The Balaban J connectivity index is 1.91. The van der Waals surface area contributed by atoms with Crippen LogP contribution in [0.4, 0.5) is 14.9 Å². The fourth-order valence-corrected chi connectivity index (χ4v) is 2.77. The summed E-state index contributed by atoms with van der Waals surface area (Å²) in [6.45, 7) is 0. The van der Waals surface area contributed by atoms with Gasteiger partial charge in [-0.3, -0.25) is 4.79 Å². The van der Waals surface area contributed by atoms with Crippen molar-refractivity contribution in [3.63, 3.8) is 0 Å². The summed E-state index contributed by atoms with van der Waals surface area (Å²) in [5, 5.41) is 11.3. The van der Waals surface area contributed by atoms with Gasteiger partial charge in [0.05, 0.1) is 16.2 Å². The zero-order valence-corrected chi connectivity index (χ0v) is 13.0. The minimum Gasteiger partial charge on any atom is -0.478 e. The first kappa shape index (κ1) is 15.9. The normalized spacial score (nSPS) is 17.3. The SMILES string of the molecule is O=C1NC(=Nc2ccc(C(=O)O)cc2)/C(=C/c2ccc(F)cc2)S1. The van der Waals surface area contributed by atoms with Gasteiger partial charge in [-0.25, -0.2) is 14.2 Å². The number of rotatable bonds is 3. The maximum absolute atomic E-state index is 13.0. The molecule has 2 aromatic rings. The standard InChI is InChI=1S/C17H11FN2O3S/c18-12-5-1-10(2-6-12)9-14-15(20-17(23)24-14)19-13-7-3-11(4-8-13)16(21)22/h1-9H,(H,21,22)(H,19,20,23)/b14-9-. The molecule has 7 heteroatoms. The Bertz CT molecular complexity index is 858. The summed E-state index contributed by atoms with van der Waals surface area (Å²) in [5.41, 5.74) is 1.41. The van der Waals surface area contributed by atoms with Crippen LogP contribution in [-0.4, -0.2) is 22.2 Å². The van der Waals surface area contributed by atoms with Crippen LogP contribution < -0.4 is 5.32 Å². The molecule has 1 aliphatic rings. The number of carboxylic acid groups (broad SMARTS) is 1. The number of carbonyl (C=O) groups is 2. The minimum absolute atomic E-state index is 0.158. The zero-order chi connectivity index (χ0) is 17.1. The molecule has 0 radical (unpaired) electrons. The maximum Gasteiger partial charge on any atom is 0.335 e.